The van der Waals surface area contributed by atoms with Crippen LogP contribution in [0.3, 0.4) is 0 Å². The lowest BCUT2D eigenvalue weighted by molar-refractivity contribution is -0.116. The Morgan fingerprint density at radius 1 is 1.42 bits per heavy atom. The van der Waals surface area contributed by atoms with E-state index in [-0.39, 0.29) is 5.57 Å². The summed E-state index contributed by atoms with van der Waals surface area (Å²) in [5.74, 6) is -0.824. The first-order chi connectivity index (χ1) is 9.04. The van der Waals surface area contributed by atoms with Crippen LogP contribution in [-0.4, -0.2) is 16.9 Å². The standard InChI is InChI=1S/C12H13N5O2/c1-8(10(6-13)11(18)17-12(14)19)16-7-9-2-4-15-5-3-9/h2-5,16H,7H2,1H3,(H3,14,17,18,19)/b10-8+. The predicted molar refractivity (Wildman–Crippen MR) is 67.1 cm³/mol. The number of carbonyl (C=O) groups excluding carboxylic acids is 2. The zero-order chi connectivity index (χ0) is 14.3. The Bertz CT molecular complexity index is 545. The van der Waals surface area contributed by atoms with Crippen molar-refractivity contribution in [3.8, 4) is 6.07 Å². The fraction of sp³-hybridized carbons (Fsp3) is 0.167. The Labute approximate surface area is 110 Å². The van der Waals surface area contributed by atoms with Gasteiger partial charge in [0, 0.05) is 24.6 Å². The molecule has 0 aromatic carbocycles. The first-order valence-electron chi connectivity index (χ1n) is 5.39. The smallest absolute Gasteiger partial charge is 0.319 e. The van der Waals surface area contributed by atoms with Crippen molar-refractivity contribution in [1.82, 2.24) is 15.6 Å². The fourth-order valence-electron chi connectivity index (χ4n) is 1.30. The Balaban J connectivity index is 2.74. The predicted octanol–water partition coefficient (Wildman–Crippen LogP) is 0.164. The average molecular weight is 259 g/mol. The molecule has 0 spiro atoms. The molecule has 0 aliphatic carbocycles. The van der Waals surface area contributed by atoms with Crippen molar-refractivity contribution in [2.45, 2.75) is 13.5 Å². The van der Waals surface area contributed by atoms with Crippen LogP contribution in [0.1, 0.15) is 12.5 Å². The molecule has 0 saturated carbocycles. The molecule has 4 N–H and O–H groups in total. The molecular formula is C12H13N5O2. The molecule has 0 aliphatic rings. The van der Waals surface area contributed by atoms with Gasteiger partial charge in [-0.1, -0.05) is 0 Å². The second-order valence-corrected chi connectivity index (χ2v) is 3.64. The van der Waals surface area contributed by atoms with Crippen LogP contribution in [0.4, 0.5) is 4.79 Å². The zero-order valence-corrected chi connectivity index (χ0v) is 10.3. The Hall–Kier alpha value is -2.88. The van der Waals surface area contributed by atoms with Gasteiger partial charge in [-0.3, -0.25) is 15.1 Å². The van der Waals surface area contributed by atoms with Gasteiger partial charge in [0.2, 0.25) is 0 Å². The molecule has 0 fully saturated rings. The first-order valence-corrected chi connectivity index (χ1v) is 5.39. The number of imide groups is 1. The highest BCUT2D eigenvalue weighted by Gasteiger charge is 2.14. The quantitative estimate of drug-likeness (QED) is 0.525. The number of allylic oxidation sites excluding steroid dienone is 1. The molecule has 0 saturated heterocycles. The maximum Gasteiger partial charge on any atom is 0.319 e. The van der Waals surface area contributed by atoms with Crippen LogP contribution in [0.2, 0.25) is 0 Å². The van der Waals surface area contributed by atoms with Gasteiger partial charge in [0.25, 0.3) is 5.91 Å². The number of aromatic nitrogens is 1. The van der Waals surface area contributed by atoms with E-state index in [1.807, 2.05) is 5.32 Å². The summed E-state index contributed by atoms with van der Waals surface area (Å²) >= 11 is 0. The van der Waals surface area contributed by atoms with Crippen molar-refractivity contribution in [3.63, 3.8) is 0 Å². The van der Waals surface area contributed by atoms with E-state index in [4.69, 9.17) is 11.0 Å². The van der Waals surface area contributed by atoms with Gasteiger partial charge in [-0.15, -0.1) is 0 Å². The molecule has 3 amide bonds. The second-order valence-electron chi connectivity index (χ2n) is 3.64. The van der Waals surface area contributed by atoms with E-state index < -0.39 is 11.9 Å². The minimum Gasteiger partial charge on any atom is -0.383 e. The number of pyridine rings is 1. The monoisotopic (exact) mass is 259 g/mol. The number of rotatable bonds is 4. The van der Waals surface area contributed by atoms with Gasteiger partial charge in [-0.25, -0.2) is 4.79 Å². The van der Waals surface area contributed by atoms with Crippen molar-refractivity contribution in [2.24, 2.45) is 5.73 Å². The van der Waals surface area contributed by atoms with Crippen LogP contribution in [0.15, 0.2) is 35.8 Å². The zero-order valence-electron chi connectivity index (χ0n) is 10.3. The van der Waals surface area contributed by atoms with E-state index in [1.165, 1.54) is 0 Å². The van der Waals surface area contributed by atoms with E-state index >= 15 is 0 Å². The van der Waals surface area contributed by atoms with Crippen molar-refractivity contribution < 1.29 is 9.59 Å². The van der Waals surface area contributed by atoms with Gasteiger partial charge in [0.05, 0.1) is 0 Å². The summed E-state index contributed by atoms with van der Waals surface area (Å²) in [6.07, 6.45) is 3.28. The largest absolute Gasteiger partial charge is 0.383 e. The minimum atomic E-state index is -1.00. The molecule has 98 valence electrons. The molecule has 0 atom stereocenters. The molecule has 7 heteroatoms. The maximum absolute atomic E-state index is 11.5. The fourth-order valence-corrected chi connectivity index (χ4v) is 1.30. The lowest BCUT2D eigenvalue weighted by Crippen LogP contribution is -2.36. The molecule has 0 unspecified atom stereocenters. The van der Waals surface area contributed by atoms with Gasteiger partial charge in [-0.2, -0.15) is 5.26 Å². The van der Waals surface area contributed by atoms with E-state index in [1.54, 1.807) is 37.5 Å². The normalized spacial score (nSPS) is 10.9. The summed E-state index contributed by atoms with van der Waals surface area (Å²) in [6, 6.07) is 4.33. The Morgan fingerprint density at radius 3 is 2.58 bits per heavy atom. The van der Waals surface area contributed by atoms with Crippen molar-refractivity contribution in [3.05, 3.63) is 41.4 Å². The number of nitriles is 1. The average Bonchev–Trinajstić information content (AvgIpc) is 2.37. The molecule has 1 heterocycles. The summed E-state index contributed by atoms with van der Waals surface area (Å²) < 4.78 is 0. The summed E-state index contributed by atoms with van der Waals surface area (Å²) in [7, 11) is 0. The minimum absolute atomic E-state index is 0.187. The first kappa shape index (κ1) is 14.2. The third kappa shape index (κ3) is 4.47. The number of nitrogens with zero attached hydrogens (tertiary/aromatic N) is 2. The molecule has 0 bridgehead atoms. The van der Waals surface area contributed by atoms with Crippen LogP contribution in [-0.2, 0) is 11.3 Å². The summed E-state index contributed by atoms with van der Waals surface area (Å²) in [4.78, 5) is 25.9. The SMILES string of the molecule is C/C(NCc1ccncc1)=C(/C#N)C(=O)NC(N)=O. The van der Waals surface area contributed by atoms with Crippen LogP contribution < -0.4 is 16.4 Å². The number of urea groups is 1. The maximum atomic E-state index is 11.5. The van der Waals surface area contributed by atoms with Gasteiger partial charge in [-0.05, 0) is 24.6 Å². The van der Waals surface area contributed by atoms with E-state index in [0.29, 0.717) is 12.2 Å². The highest BCUT2D eigenvalue weighted by Crippen LogP contribution is 2.03. The Kier molecular flexibility index (Phi) is 5.04. The van der Waals surface area contributed by atoms with Crippen LogP contribution in [0.25, 0.3) is 0 Å². The molecule has 0 aliphatic heterocycles. The van der Waals surface area contributed by atoms with Gasteiger partial charge < -0.3 is 11.1 Å². The molecule has 1 aromatic rings. The molecular weight excluding hydrogens is 246 g/mol. The molecule has 19 heavy (non-hydrogen) atoms. The number of nitrogens with two attached hydrogens (primary N) is 1. The number of nitrogens with one attached hydrogen (secondary N) is 2. The topological polar surface area (TPSA) is 121 Å². The van der Waals surface area contributed by atoms with Gasteiger partial charge in [0.1, 0.15) is 11.6 Å². The summed E-state index contributed by atoms with van der Waals surface area (Å²) in [6.45, 7) is 2.00. The lowest BCUT2D eigenvalue weighted by Gasteiger charge is -2.08. The van der Waals surface area contributed by atoms with Crippen molar-refractivity contribution >= 4 is 11.9 Å². The number of amides is 3. The highest BCUT2D eigenvalue weighted by atomic mass is 16.2. The van der Waals surface area contributed by atoms with Crippen LogP contribution in [0, 0.1) is 11.3 Å². The van der Waals surface area contributed by atoms with E-state index in [9.17, 15) is 9.59 Å². The lowest BCUT2D eigenvalue weighted by atomic mass is 10.2. The molecule has 0 radical (unpaired) electrons. The van der Waals surface area contributed by atoms with Gasteiger partial charge >= 0.3 is 6.03 Å². The van der Waals surface area contributed by atoms with Crippen molar-refractivity contribution in [1.29, 1.82) is 5.26 Å². The van der Waals surface area contributed by atoms with Gasteiger partial charge in [0.15, 0.2) is 0 Å². The molecule has 7 nitrogen and oxygen atoms in total. The van der Waals surface area contributed by atoms with E-state index in [0.717, 1.165) is 5.56 Å². The third-order valence-corrected chi connectivity index (χ3v) is 2.26. The molecule has 1 rings (SSSR count). The molecule has 1 aromatic heterocycles. The van der Waals surface area contributed by atoms with Crippen LogP contribution in [0.5, 0.6) is 0 Å². The Morgan fingerprint density at radius 2 is 2.05 bits per heavy atom. The second kappa shape index (κ2) is 6.76. The number of hydrogen-bond donors (Lipinski definition) is 3. The van der Waals surface area contributed by atoms with Crippen LogP contribution >= 0.6 is 0 Å². The summed E-state index contributed by atoms with van der Waals surface area (Å²) in [5.41, 5.74) is 5.94. The third-order valence-electron chi connectivity index (χ3n) is 2.26. The number of primary amides is 1. The highest BCUT2D eigenvalue weighted by molar-refractivity contribution is 6.06. The van der Waals surface area contributed by atoms with E-state index in [2.05, 4.69) is 10.3 Å². The number of carbonyl (C=O) groups is 2. The number of hydrogen-bond acceptors (Lipinski definition) is 5. The summed E-state index contributed by atoms with van der Waals surface area (Å²) in [5, 5.41) is 13.7. The van der Waals surface area contributed by atoms with Crippen molar-refractivity contribution in [2.75, 3.05) is 0 Å².